The summed E-state index contributed by atoms with van der Waals surface area (Å²) in [4.78, 5) is 28.9. The van der Waals surface area contributed by atoms with E-state index in [1.807, 2.05) is 18.2 Å². The molecule has 152 valence electrons. The predicted octanol–water partition coefficient (Wildman–Crippen LogP) is 3.03. The molecule has 2 aliphatic rings. The minimum Gasteiger partial charge on any atom is -0.486 e. The molecule has 0 aromatic heterocycles. The van der Waals surface area contributed by atoms with Gasteiger partial charge in [-0.15, -0.1) is 0 Å². The maximum absolute atomic E-state index is 12.9. The Kier molecular flexibility index (Phi) is 5.43. The molecule has 2 heterocycles. The van der Waals surface area contributed by atoms with Gasteiger partial charge in [-0.2, -0.15) is 0 Å². The van der Waals surface area contributed by atoms with E-state index in [0.29, 0.717) is 37.8 Å². The van der Waals surface area contributed by atoms with Crippen molar-refractivity contribution >= 4 is 17.5 Å². The smallest absolute Gasteiger partial charge is 0.228 e. The van der Waals surface area contributed by atoms with Crippen molar-refractivity contribution in [2.45, 2.75) is 26.3 Å². The molecule has 4 rings (SSSR count). The van der Waals surface area contributed by atoms with E-state index in [1.54, 1.807) is 16.8 Å². The molecular weight excluding hydrogens is 368 g/mol. The lowest BCUT2D eigenvalue weighted by Crippen LogP contribution is -2.34. The van der Waals surface area contributed by atoms with Gasteiger partial charge >= 0.3 is 0 Å². The average Bonchev–Trinajstić information content (AvgIpc) is 3.15. The van der Waals surface area contributed by atoms with Crippen molar-refractivity contribution in [2.24, 2.45) is 5.92 Å². The topological polar surface area (TPSA) is 59.1 Å². The Labute approximate surface area is 171 Å². The van der Waals surface area contributed by atoms with E-state index in [2.05, 4.69) is 31.2 Å². The molecule has 6 heteroatoms. The standard InChI is InChI=1S/C23H26N2O4/c1-3-16-4-6-17(7-5-16)14-24(2)23(27)18-12-22(26)25(15-18)19-8-9-20-21(13-19)29-11-10-28-20/h4-9,13,18H,3,10-12,14-15H2,1-2H3. The Balaban J connectivity index is 1.42. The van der Waals surface area contributed by atoms with E-state index < -0.39 is 0 Å². The van der Waals surface area contributed by atoms with E-state index >= 15 is 0 Å². The van der Waals surface area contributed by atoms with Crippen LogP contribution in [0.25, 0.3) is 0 Å². The molecule has 0 bridgehead atoms. The monoisotopic (exact) mass is 394 g/mol. The molecule has 6 nitrogen and oxygen atoms in total. The van der Waals surface area contributed by atoms with Crippen molar-refractivity contribution in [3.8, 4) is 11.5 Å². The number of carbonyl (C=O) groups excluding carboxylic acids is 2. The molecule has 2 aromatic rings. The van der Waals surface area contributed by atoms with Gasteiger partial charge in [-0.1, -0.05) is 31.2 Å². The van der Waals surface area contributed by atoms with Gasteiger partial charge in [0.1, 0.15) is 13.2 Å². The van der Waals surface area contributed by atoms with E-state index in [-0.39, 0.29) is 24.2 Å². The molecule has 1 unspecified atom stereocenters. The van der Waals surface area contributed by atoms with Crippen molar-refractivity contribution < 1.29 is 19.1 Å². The Bertz CT molecular complexity index is 910. The third-order valence-corrected chi connectivity index (χ3v) is 5.54. The lowest BCUT2D eigenvalue weighted by Gasteiger charge is -2.23. The third-order valence-electron chi connectivity index (χ3n) is 5.54. The Morgan fingerprint density at radius 1 is 1.07 bits per heavy atom. The van der Waals surface area contributed by atoms with Gasteiger partial charge in [-0.05, 0) is 29.7 Å². The first kappa shape index (κ1) is 19.3. The van der Waals surface area contributed by atoms with E-state index in [4.69, 9.17) is 9.47 Å². The average molecular weight is 394 g/mol. The zero-order valence-electron chi connectivity index (χ0n) is 16.9. The van der Waals surface area contributed by atoms with E-state index in [9.17, 15) is 9.59 Å². The van der Waals surface area contributed by atoms with E-state index in [1.165, 1.54) is 5.56 Å². The first-order valence-electron chi connectivity index (χ1n) is 10.1. The lowest BCUT2D eigenvalue weighted by molar-refractivity contribution is -0.135. The number of nitrogens with zero attached hydrogens (tertiary/aromatic N) is 2. The SMILES string of the molecule is CCc1ccc(CN(C)C(=O)C2CC(=O)N(c3ccc4c(c3)OCCO4)C2)cc1. The van der Waals surface area contributed by atoms with Crippen LogP contribution in [0.15, 0.2) is 42.5 Å². The summed E-state index contributed by atoms with van der Waals surface area (Å²) >= 11 is 0. The van der Waals surface area contributed by atoms with Crippen LogP contribution in [0.4, 0.5) is 5.69 Å². The molecule has 0 saturated carbocycles. The number of hydrogen-bond acceptors (Lipinski definition) is 4. The van der Waals surface area contributed by atoms with Crippen LogP contribution in [0.1, 0.15) is 24.5 Å². The predicted molar refractivity (Wildman–Crippen MR) is 110 cm³/mol. The normalized spacial score (nSPS) is 18.1. The number of fused-ring (bicyclic) bond motifs is 1. The molecule has 2 aliphatic heterocycles. The van der Waals surface area contributed by atoms with Gasteiger partial charge in [0, 0.05) is 38.3 Å². The van der Waals surface area contributed by atoms with Crippen LogP contribution in [0, 0.1) is 5.92 Å². The summed E-state index contributed by atoms with van der Waals surface area (Å²) < 4.78 is 11.2. The first-order valence-corrected chi connectivity index (χ1v) is 10.1. The number of amides is 2. The molecule has 2 aromatic carbocycles. The fourth-order valence-corrected chi connectivity index (χ4v) is 3.87. The van der Waals surface area contributed by atoms with Crippen molar-refractivity contribution in [1.82, 2.24) is 4.90 Å². The summed E-state index contributed by atoms with van der Waals surface area (Å²) in [6.45, 7) is 4.07. The highest BCUT2D eigenvalue weighted by molar-refractivity contribution is 6.00. The van der Waals surface area contributed by atoms with Gasteiger partial charge in [0.05, 0.1) is 5.92 Å². The van der Waals surface area contributed by atoms with Gasteiger partial charge in [-0.25, -0.2) is 0 Å². The number of benzene rings is 2. The Hall–Kier alpha value is -3.02. The lowest BCUT2D eigenvalue weighted by atomic mass is 10.1. The minimum atomic E-state index is -0.337. The van der Waals surface area contributed by atoms with Crippen LogP contribution in [-0.4, -0.2) is 43.5 Å². The van der Waals surface area contributed by atoms with Crippen LogP contribution in [0.2, 0.25) is 0 Å². The fraction of sp³-hybridized carbons (Fsp3) is 0.391. The molecule has 29 heavy (non-hydrogen) atoms. The first-order chi connectivity index (χ1) is 14.0. The van der Waals surface area contributed by atoms with Crippen molar-refractivity contribution in [3.63, 3.8) is 0 Å². The summed E-state index contributed by atoms with van der Waals surface area (Å²) in [5.41, 5.74) is 3.11. The molecule has 0 aliphatic carbocycles. The van der Waals surface area contributed by atoms with Gasteiger partial charge in [0.15, 0.2) is 11.5 Å². The number of anilines is 1. The van der Waals surface area contributed by atoms with Crippen LogP contribution in [-0.2, 0) is 22.6 Å². The third kappa shape index (κ3) is 4.06. The number of ether oxygens (including phenoxy) is 2. The van der Waals surface area contributed by atoms with Gasteiger partial charge in [0.2, 0.25) is 11.8 Å². The summed E-state index contributed by atoms with van der Waals surface area (Å²) in [5.74, 6) is 0.950. The highest BCUT2D eigenvalue weighted by atomic mass is 16.6. The van der Waals surface area contributed by atoms with Crippen molar-refractivity contribution in [1.29, 1.82) is 0 Å². The maximum Gasteiger partial charge on any atom is 0.228 e. The summed E-state index contributed by atoms with van der Waals surface area (Å²) in [6, 6.07) is 13.8. The van der Waals surface area contributed by atoms with Crippen molar-refractivity contribution in [3.05, 3.63) is 53.6 Å². The minimum absolute atomic E-state index is 0.00189. The van der Waals surface area contributed by atoms with Gasteiger partial charge in [0.25, 0.3) is 0 Å². The second-order valence-electron chi connectivity index (χ2n) is 7.60. The molecule has 0 N–H and O–H groups in total. The molecule has 2 amide bonds. The number of aryl methyl sites for hydroxylation is 1. The number of rotatable bonds is 5. The molecule has 1 fully saturated rings. The second-order valence-corrected chi connectivity index (χ2v) is 7.60. The van der Waals surface area contributed by atoms with Crippen LogP contribution in [0.5, 0.6) is 11.5 Å². The highest BCUT2D eigenvalue weighted by Crippen LogP contribution is 2.36. The quantitative estimate of drug-likeness (QED) is 0.782. The largest absolute Gasteiger partial charge is 0.486 e. The van der Waals surface area contributed by atoms with Gasteiger partial charge in [-0.3, -0.25) is 9.59 Å². The van der Waals surface area contributed by atoms with Crippen LogP contribution in [0.3, 0.4) is 0 Å². The molecule has 1 saturated heterocycles. The summed E-state index contributed by atoms with van der Waals surface area (Å²) in [7, 11) is 1.80. The summed E-state index contributed by atoms with van der Waals surface area (Å²) in [5, 5.41) is 0. The fourth-order valence-electron chi connectivity index (χ4n) is 3.87. The zero-order valence-corrected chi connectivity index (χ0v) is 16.9. The zero-order chi connectivity index (χ0) is 20.4. The summed E-state index contributed by atoms with van der Waals surface area (Å²) in [6.07, 6.45) is 1.22. The Morgan fingerprint density at radius 2 is 1.76 bits per heavy atom. The molecule has 1 atom stereocenters. The second kappa shape index (κ2) is 8.15. The number of carbonyl (C=O) groups is 2. The van der Waals surface area contributed by atoms with Crippen LogP contribution < -0.4 is 14.4 Å². The van der Waals surface area contributed by atoms with Gasteiger partial charge < -0.3 is 19.3 Å². The number of hydrogen-bond donors (Lipinski definition) is 0. The Morgan fingerprint density at radius 3 is 2.48 bits per heavy atom. The highest BCUT2D eigenvalue weighted by Gasteiger charge is 2.36. The van der Waals surface area contributed by atoms with Crippen molar-refractivity contribution in [2.75, 3.05) is 31.7 Å². The van der Waals surface area contributed by atoms with E-state index in [0.717, 1.165) is 17.7 Å². The van der Waals surface area contributed by atoms with Crippen LogP contribution >= 0.6 is 0 Å². The molecular formula is C23H26N2O4. The maximum atomic E-state index is 12.9. The molecule has 0 spiro atoms. The molecule has 0 radical (unpaired) electrons.